The Bertz CT molecular complexity index is 310. The van der Waals surface area contributed by atoms with Crippen molar-refractivity contribution in [3.8, 4) is 0 Å². The average molecular weight is 262 g/mol. The van der Waals surface area contributed by atoms with Gasteiger partial charge in [-0.15, -0.1) is 0 Å². The predicted molar refractivity (Wildman–Crippen MR) is 85.9 cm³/mol. The van der Waals surface area contributed by atoms with E-state index >= 15 is 0 Å². The SMILES string of the molecule is CCCCN(CC(CC)NCCC)c1ccccc1. The molecule has 1 atom stereocenters. The van der Waals surface area contributed by atoms with Crippen molar-refractivity contribution in [3.63, 3.8) is 0 Å². The maximum Gasteiger partial charge on any atom is 0.0366 e. The van der Waals surface area contributed by atoms with E-state index in [9.17, 15) is 0 Å². The molecule has 0 aliphatic carbocycles. The van der Waals surface area contributed by atoms with Crippen LogP contribution >= 0.6 is 0 Å². The number of benzene rings is 1. The number of nitrogens with zero attached hydrogens (tertiary/aromatic N) is 1. The molecule has 0 radical (unpaired) electrons. The summed E-state index contributed by atoms with van der Waals surface area (Å²) in [6, 6.07) is 11.4. The number of nitrogens with one attached hydrogen (secondary N) is 1. The molecule has 1 aromatic carbocycles. The number of para-hydroxylation sites is 1. The summed E-state index contributed by atoms with van der Waals surface area (Å²) in [6.45, 7) is 10.2. The standard InChI is InChI=1S/C17H30N2/c1-4-7-14-19(17-11-9-8-10-12-17)15-16(6-3)18-13-5-2/h8-12,16,18H,4-7,13-15H2,1-3H3. The van der Waals surface area contributed by atoms with Crippen LogP contribution in [0.2, 0.25) is 0 Å². The van der Waals surface area contributed by atoms with Crippen molar-refractivity contribution in [2.24, 2.45) is 0 Å². The summed E-state index contributed by atoms with van der Waals surface area (Å²) < 4.78 is 0. The maximum absolute atomic E-state index is 3.65. The minimum atomic E-state index is 0.594. The molecule has 1 rings (SSSR count). The minimum absolute atomic E-state index is 0.594. The van der Waals surface area contributed by atoms with Gasteiger partial charge in [-0.1, -0.05) is 45.4 Å². The molecule has 0 spiro atoms. The second kappa shape index (κ2) is 9.85. The molecule has 1 unspecified atom stereocenters. The van der Waals surface area contributed by atoms with Crippen molar-refractivity contribution < 1.29 is 0 Å². The largest absolute Gasteiger partial charge is 0.370 e. The van der Waals surface area contributed by atoms with Gasteiger partial charge in [0.25, 0.3) is 0 Å². The van der Waals surface area contributed by atoms with Gasteiger partial charge < -0.3 is 10.2 Å². The Morgan fingerprint density at radius 2 is 1.79 bits per heavy atom. The quantitative estimate of drug-likeness (QED) is 0.684. The third-order valence-electron chi connectivity index (χ3n) is 3.52. The van der Waals surface area contributed by atoms with Crippen LogP contribution in [0.5, 0.6) is 0 Å². The molecule has 0 amide bonds. The van der Waals surface area contributed by atoms with Crippen LogP contribution in [-0.2, 0) is 0 Å². The van der Waals surface area contributed by atoms with Gasteiger partial charge in [-0.3, -0.25) is 0 Å². The highest BCUT2D eigenvalue weighted by atomic mass is 15.2. The highest BCUT2D eigenvalue weighted by Crippen LogP contribution is 2.15. The van der Waals surface area contributed by atoms with E-state index in [4.69, 9.17) is 0 Å². The van der Waals surface area contributed by atoms with E-state index in [0.29, 0.717) is 6.04 Å². The Kier molecular flexibility index (Phi) is 8.31. The molecule has 2 nitrogen and oxygen atoms in total. The number of hydrogen-bond donors (Lipinski definition) is 1. The molecular weight excluding hydrogens is 232 g/mol. The van der Waals surface area contributed by atoms with Gasteiger partial charge in [-0.25, -0.2) is 0 Å². The normalized spacial score (nSPS) is 12.4. The molecule has 108 valence electrons. The first kappa shape index (κ1) is 16.0. The molecule has 19 heavy (non-hydrogen) atoms. The van der Waals surface area contributed by atoms with Crippen molar-refractivity contribution in [1.82, 2.24) is 5.32 Å². The van der Waals surface area contributed by atoms with Crippen LogP contribution in [-0.4, -0.2) is 25.7 Å². The lowest BCUT2D eigenvalue weighted by Gasteiger charge is -2.29. The Balaban J connectivity index is 2.62. The second-order valence-electron chi connectivity index (χ2n) is 5.19. The Labute approximate surface area is 119 Å². The van der Waals surface area contributed by atoms with Crippen LogP contribution in [0.15, 0.2) is 30.3 Å². The van der Waals surface area contributed by atoms with Crippen LogP contribution in [0.4, 0.5) is 5.69 Å². The lowest BCUT2D eigenvalue weighted by atomic mass is 10.1. The molecule has 0 saturated carbocycles. The van der Waals surface area contributed by atoms with E-state index in [0.717, 1.165) is 19.6 Å². The van der Waals surface area contributed by atoms with Crippen molar-refractivity contribution in [1.29, 1.82) is 0 Å². The number of hydrogen-bond acceptors (Lipinski definition) is 2. The fourth-order valence-corrected chi connectivity index (χ4v) is 2.27. The molecule has 0 aromatic heterocycles. The Morgan fingerprint density at radius 3 is 2.37 bits per heavy atom. The zero-order valence-corrected chi connectivity index (χ0v) is 12.9. The van der Waals surface area contributed by atoms with Gasteiger partial charge in [-0.05, 0) is 37.9 Å². The average Bonchev–Trinajstić information content (AvgIpc) is 2.47. The molecule has 0 fully saturated rings. The first-order chi connectivity index (χ1) is 9.31. The monoisotopic (exact) mass is 262 g/mol. The van der Waals surface area contributed by atoms with Crippen molar-refractivity contribution in [3.05, 3.63) is 30.3 Å². The first-order valence-corrected chi connectivity index (χ1v) is 7.85. The van der Waals surface area contributed by atoms with Crippen molar-refractivity contribution >= 4 is 5.69 Å². The molecule has 0 aliphatic rings. The number of rotatable bonds is 10. The molecular formula is C17H30N2. The summed E-state index contributed by atoms with van der Waals surface area (Å²) >= 11 is 0. The first-order valence-electron chi connectivity index (χ1n) is 7.85. The van der Waals surface area contributed by atoms with Gasteiger partial charge in [0.15, 0.2) is 0 Å². The van der Waals surface area contributed by atoms with Gasteiger partial charge in [-0.2, -0.15) is 0 Å². The number of unbranched alkanes of at least 4 members (excludes halogenated alkanes) is 1. The summed E-state index contributed by atoms with van der Waals surface area (Å²) in [4.78, 5) is 2.53. The van der Waals surface area contributed by atoms with Gasteiger partial charge in [0.05, 0.1) is 0 Å². The zero-order valence-electron chi connectivity index (χ0n) is 12.9. The predicted octanol–water partition coefficient (Wildman–Crippen LogP) is 4.07. The van der Waals surface area contributed by atoms with E-state index < -0.39 is 0 Å². The highest BCUT2D eigenvalue weighted by Gasteiger charge is 2.12. The lowest BCUT2D eigenvalue weighted by Crippen LogP contribution is -2.41. The molecule has 1 N–H and O–H groups in total. The third-order valence-corrected chi connectivity index (χ3v) is 3.52. The molecule has 0 aliphatic heterocycles. The van der Waals surface area contributed by atoms with Crippen LogP contribution < -0.4 is 10.2 Å². The Hall–Kier alpha value is -1.02. The summed E-state index contributed by atoms with van der Waals surface area (Å²) in [6.07, 6.45) is 4.91. The third kappa shape index (κ3) is 6.11. The maximum atomic E-state index is 3.65. The van der Waals surface area contributed by atoms with Crippen LogP contribution in [0.25, 0.3) is 0 Å². The topological polar surface area (TPSA) is 15.3 Å². The second-order valence-corrected chi connectivity index (χ2v) is 5.19. The van der Waals surface area contributed by atoms with Crippen LogP contribution in [0.1, 0.15) is 46.5 Å². The zero-order chi connectivity index (χ0) is 13.9. The summed E-state index contributed by atoms with van der Waals surface area (Å²) in [5, 5.41) is 3.65. The molecule has 0 heterocycles. The summed E-state index contributed by atoms with van der Waals surface area (Å²) in [5.41, 5.74) is 1.35. The van der Waals surface area contributed by atoms with E-state index in [1.54, 1.807) is 0 Å². The van der Waals surface area contributed by atoms with Gasteiger partial charge in [0.1, 0.15) is 0 Å². The van der Waals surface area contributed by atoms with Gasteiger partial charge >= 0.3 is 0 Å². The number of anilines is 1. The molecule has 0 saturated heterocycles. The van der Waals surface area contributed by atoms with Gasteiger partial charge in [0, 0.05) is 24.8 Å². The summed E-state index contributed by atoms with van der Waals surface area (Å²) in [7, 11) is 0. The fraction of sp³-hybridized carbons (Fsp3) is 0.647. The highest BCUT2D eigenvalue weighted by molar-refractivity contribution is 5.46. The lowest BCUT2D eigenvalue weighted by molar-refractivity contribution is 0.486. The van der Waals surface area contributed by atoms with E-state index in [-0.39, 0.29) is 0 Å². The Morgan fingerprint density at radius 1 is 1.05 bits per heavy atom. The molecule has 2 heteroatoms. The summed E-state index contributed by atoms with van der Waals surface area (Å²) in [5.74, 6) is 0. The van der Waals surface area contributed by atoms with E-state index in [1.807, 2.05) is 0 Å². The van der Waals surface area contributed by atoms with E-state index in [2.05, 4.69) is 61.3 Å². The van der Waals surface area contributed by atoms with Crippen LogP contribution in [0.3, 0.4) is 0 Å². The fourth-order valence-electron chi connectivity index (χ4n) is 2.27. The molecule has 0 bridgehead atoms. The molecule has 1 aromatic rings. The smallest absolute Gasteiger partial charge is 0.0366 e. The van der Waals surface area contributed by atoms with Crippen molar-refractivity contribution in [2.45, 2.75) is 52.5 Å². The van der Waals surface area contributed by atoms with E-state index in [1.165, 1.54) is 31.4 Å². The van der Waals surface area contributed by atoms with Crippen molar-refractivity contribution in [2.75, 3.05) is 24.5 Å². The minimum Gasteiger partial charge on any atom is -0.370 e. The van der Waals surface area contributed by atoms with Crippen LogP contribution in [0, 0.1) is 0 Å². The van der Waals surface area contributed by atoms with Gasteiger partial charge in [0.2, 0.25) is 0 Å².